The van der Waals surface area contributed by atoms with Gasteiger partial charge in [-0.1, -0.05) is 6.92 Å². The molecular weight excluding hydrogens is 216 g/mol. The van der Waals surface area contributed by atoms with Gasteiger partial charge in [0.15, 0.2) is 0 Å². The molecule has 0 spiro atoms. The molecule has 92 valence electrons. The van der Waals surface area contributed by atoms with Crippen molar-refractivity contribution in [2.75, 3.05) is 12.4 Å². The zero-order chi connectivity index (χ0) is 12.4. The van der Waals surface area contributed by atoms with E-state index in [1.165, 1.54) is 0 Å². The molecular formula is C12H18N4O. The Bertz CT molecular complexity index is 427. The van der Waals surface area contributed by atoms with Crippen LogP contribution in [0.1, 0.15) is 35.9 Å². The number of carbonyl (C=O) groups excluding carboxylic acids is 1. The van der Waals surface area contributed by atoms with Crippen LogP contribution in [0, 0.1) is 12.8 Å². The molecule has 1 amide bonds. The van der Waals surface area contributed by atoms with Gasteiger partial charge in [-0.15, -0.1) is 0 Å². The number of aryl methyl sites for hydroxylation is 1. The fraction of sp³-hybridized carbons (Fsp3) is 0.583. The second-order valence-corrected chi connectivity index (χ2v) is 4.72. The summed E-state index contributed by atoms with van der Waals surface area (Å²) < 4.78 is 0. The lowest BCUT2D eigenvalue weighted by Gasteiger charge is -2.33. The molecule has 0 aliphatic heterocycles. The van der Waals surface area contributed by atoms with E-state index >= 15 is 0 Å². The Hall–Kier alpha value is -1.65. The van der Waals surface area contributed by atoms with Gasteiger partial charge in [-0.3, -0.25) is 4.79 Å². The predicted molar refractivity (Wildman–Crippen MR) is 66.0 cm³/mol. The number of aromatic nitrogens is 2. The first kappa shape index (κ1) is 11.8. The Labute approximate surface area is 101 Å². The molecule has 1 saturated carbocycles. The smallest absolute Gasteiger partial charge is 0.270 e. The molecule has 1 heterocycles. The third kappa shape index (κ3) is 2.72. The number of rotatable bonds is 3. The number of anilines is 1. The fourth-order valence-electron chi connectivity index (χ4n) is 2.08. The van der Waals surface area contributed by atoms with Crippen LogP contribution in [-0.4, -0.2) is 29.0 Å². The molecule has 5 nitrogen and oxygen atoms in total. The molecule has 5 heteroatoms. The molecule has 0 bridgehead atoms. The molecule has 0 aromatic carbocycles. The molecule has 0 atom stereocenters. The van der Waals surface area contributed by atoms with Gasteiger partial charge in [0.05, 0.1) is 0 Å². The van der Waals surface area contributed by atoms with Crippen molar-refractivity contribution in [2.45, 2.75) is 32.7 Å². The monoisotopic (exact) mass is 234 g/mol. The number of nitrogens with zero attached hydrogens (tertiary/aromatic N) is 2. The lowest BCUT2D eigenvalue weighted by atomic mass is 9.82. The number of nitrogens with one attached hydrogen (secondary N) is 2. The van der Waals surface area contributed by atoms with Gasteiger partial charge in [-0.2, -0.15) is 0 Å². The maximum absolute atomic E-state index is 11.9. The highest BCUT2D eigenvalue weighted by atomic mass is 16.1. The summed E-state index contributed by atoms with van der Waals surface area (Å²) in [7, 11) is 1.74. The van der Waals surface area contributed by atoms with E-state index in [4.69, 9.17) is 0 Å². The van der Waals surface area contributed by atoms with Crippen LogP contribution in [0.5, 0.6) is 0 Å². The van der Waals surface area contributed by atoms with Gasteiger partial charge in [0.25, 0.3) is 5.91 Å². The van der Waals surface area contributed by atoms with Crippen LogP contribution in [0.2, 0.25) is 0 Å². The highest BCUT2D eigenvalue weighted by molar-refractivity contribution is 5.92. The van der Waals surface area contributed by atoms with Crippen molar-refractivity contribution in [2.24, 2.45) is 5.92 Å². The maximum Gasteiger partial charge on any atom is 0.270 e. The van der Waals surface area contributed by atoms with E-state index in [1.54, 1.807) is 13.1 Å². The van der Waals surface area contributed by atoms with Gasteiger partial charge in [-0.25, -0.2) is 9.97 Å². The van der Waals surface area contributed by atoms with Crippen molar-refractivity contribution in [1.82, 2.24) is 15.3 Å². The summed E-state index contributed by atoms with van der Waals surface area (Å²) in [6.45, 7) is 4.04. The van der Waals surface area contributed by atoms with Crippen LogP contribution < -0.4 is 10.6 Å². The highest BCUT2D eigenvalue weighted by Crippen LogP contribution is 2.26. The second-order valence-electron chi connectivity index (χ2n) is 4.72. The van der Waals surface area contributed by atoms with E-state index in [-0.39, 0.29) is 5.91 Å². The Morgan fingerprint density at radius 1 is 1.41 bits per heavy atom. The van der Waals surface area contributed by atoms with Gasteiger partial charge in [-0.05, 0) is 31.7 Å². The molecule has 0 radical (unpaired) electrons. The average Bonchev–Trinajstić information content (AvgIpc) is 2.26. The van der Waals surface area contributed by atoms with Gasteiger partial charge >= 0.3 is 0 Å². The fourth-order valence-corrected chi connectivity index (χ4v) is 2.08. The summed E-state index contributed by atoms with van der Waals surface area (Å²) in [5.41, 5.74) is 1.22. The predicted octanol–water partition coefficient (Wildman–Crippen LogP) is 1.36. The molecule has 1 aliphatic carbocycles. The van der Waals surface area contributed by atoms with Crippen molar-refractivity contribution in [3.8, 4) is 0 Å². The molecule has 1 aromatic rings. The molecule has 0 saturated heterocycles. The van der Waals surface area contributed by atoms with Gasteiger partial charge < -0.3 is 10.6 Å². The Morgan fingerprint density at radius 2 is 2.12 bits per heavy atom. The van der Waals surface area contributed by atoms with E-state index < -0.39 is 0 Å². The largest absolute Gasteiger partial charge is 0.357 e. The highest BCUT2D eigenvalue weighted by Gasteiger charge is 2.27. The summed E-state index contributed by atoms with van der Waals surface area (Å²) in [6, 6.07) is 2.02. The van der Waals surface area contributed by atoms with Crippen molar-refractivity contribution in [3.63, 3.8) is 0 Å². The third-order valence-electron chi connectivity index (χ3n) is 3.02. The minimum Gasteiger partial charge on any atom is -0.357 e. The van der Waals surface area contributed by atoms with Gasteiger partial charge in [0.1, 0.15) is 5.69 Å². The van der Waals surface area contributed by atoms with Gasteiger partial charge in [0.2, 0.25) is 5.95 Å². The molecule has 1 aromatic heterocycles. The Balaban J connectivity index is 2.05. The Kier molecular flexibility index (Phi) is 3.26. The van der Waals surface area contributed by atoms with Crippen LogP contribution in [0.25, 0.3) is 0 Å². The first-order chi connectivity index (χ1) is 8.08. The topological polar surface area (TPSA) is 66.9 Å². The van der Waals surface area contributed by atoms with E-state index in [2.05, 4.69) is 27.5 Å². The normalized spacial score (nSPS) is 22.8. The van der Waals surface area contributed by atoms with E-state index in [0.717, 1.165) is 24.5 Å². The number of carbonyl (C=O) groups is 1. The van der Waals surface area contributed by atoms with Crippen LogP contribution in [-0.2, 0) is 0 Å². The summed E-state index contributed by atoms with van der Waals surface area (Å²) in [5, 5.41) is 5.83. The van der Waals surface area contributed by atoms with Crippen LogP contribution in [0.3, 0.4) is 0 Å². The minimum absolute atomic E-state index is 0.107. The minimum atomic E-state index is -0.107. The molecule has 1 aliphatic rings. The van der Waals surface area contributed by atoms with Crippen molar-refractivity contribution < 1.29 is 4.79 Å². The van der Waals surface area contributed by atoms with Crippen molar-refractivity contribution in [3.05, 3.63) is 17.5 Å². The SMILES string of the molecule is CNc1nc(C)cc(C(=O)NC2CC(C)C2)n1. The lowest BCUT2D eigenvalue weighted by Crippen LogP contribution is -2.43. The van der Waals surface area contributed by atoms with Gasteiger partial charge in [0, 0.05) is 18.8 Å². The summed E-state index contributed by atoms with van der Waals surface area (Å²) in [6.07, 6.45) is 2.13. The van der Waals surface area contributed by atoms with Crippen molar-refractivity contribution >= 4 is 11.9 Å². The Morgan fingerprint density at radius 3 is 2.71 bits per heavy atom. The molecule has 1 fully saturated rings. The number of amides is 1. The first-order valence-corrected chi connectivity index (χ1v) is 5.92. The second kappa shape index (κ2) is 4.69. The summed E-state index contributed by atoms with van der Waals surface area (Å²) >= 11 is 0. The molecule has 2 rings (SSSR count). The van der Waals surface area contributed by atoms with E-state index in [9.17, 15) is 4.79 Å². The molecule has 0 unspecified atom stereocenters. The standard InChI is InChI=1S/C12H18N4O/c1-7-4-9(5-7)15-11(17)10-6-8(2)14-12(13-3)16-10/h6-7,9H,4-5H2,1-3H3,(H,15,17)(H,13,14,16). The summed E-state index contributed by atoms with van der Waals surface area (Å²) in [4.78, 5) is 20.3. The number of hydrogen-bond acceptors (Lipinski definition) is 4. The number of hydrogen-bond donors (Lipinski definition) is 2. The van der Waals surface area contributed by atoms with E-state index in [1.807, 2.05) is 6.92 Å². The average molecular weight is 234 g/mol. The maximum atomic E-state index is 11.9. The summed E-state index contributed by atoms with van der Waals surface area (Å²) in [5.74, 6) is 1.10. The third-order valence-corrected chi connectivity index (χ3v) is 3.02. The molecule has 17 heavy (non-hydrogen) atoms. The quantitative estimate of drug-likeness (QED) is 0.828. The zero-order valence-corrected chi connectivity index (χ0v) is 10.4. The zero-order valence-electron chi connectivity index (χ0n) is 10.4. The first-order valence-electron chi connectivity index (χ1n) is 5.92. The lowest BCUT2D eigenvalue weighted by molar-refractivity contribution is 0.0891. The van der Waals surface area contributed by atoms with Crippen LogP contribution >= 0.6 is 0 Å². The van der Waals surface area contributed by atoms with Crippen LogP contribution in [0.15, 0.2) is 6.07 Å². The van der Waals surface area contributed by atoms with Crippen LogP contribution in [0.4, 0.5) is 5.95 Å². The molecule has 2 N–H and O–H groups in total. The van der Waals surface area contributed by atoms with Crippen molar-refractivity contribution in [1.29, 1.82) is 0 Å². The van der Waals surface area contributed by atoms with E-state index in [0.29, 0.717) is 17.7 Å².